The van der Waals surface area contributed by atoms with E-state index in [1.54, 1.807) is 21.1 Å². The zero-order valence-corrected chi connectivity index (χ0v) is 9.95. The van der Waals surface area contributed by atoms with Crippen LogP contribution in [0, 0.1) is 20.2 Å². The van der Waals surface area contributed by atoms with Crippen LogP contribution in [0.2, 0.25) is 0 Å². The number of amides is 1. The quantitative estimate of drug-likeness (QED) is 0.268. The molecule has 0 aromatic rings. The molecule has 0 aromatic carbocycles. The van der Waals surface area contributed by atoms with Gasteiger partial charge >= 0.3 is 5.66 Å². The van der Waals surface area contributed by atoms with Gasteiger partial charge in [0.25, 0.3) is 5.91 Å². The Morgan fingerprint density at radius 3 is 1.94 bits per heavy atom. The number of hydrogen-bond donors (Lipinski definition) is 0. The first-order valence-electron chi connectivity index (χ1n) is 4.96. The molecule has 0 bridgehead atoms. The van der Waals surface area contributed by atoms with Gasteiger partial charge in [-0.1, -0.05) is 0 Å². The largest absolute Gasteiger partial charge is 0.492 e. The third-order valence-corrected chi connectivity index (χ3v) is 2.53. The van der Waals surface area contributed by atoms with Crippen molar-refractivity contribution in [3.8, 4) is 0 Å². The Morgan fingerprint density at radius 1 is 1.24 bits per heavy atom. The molecular formula is C8H15N4O5+. The van der Waals surface area contributed by atoms with E-state index in [-0.39, 0.29) is 12.5 Å². The van der Waals surface area contributed by atoms with E-state index < -0.39 is 28.6 Å². The van der Waals surface area contributed by atoms with Crippen LogP contribution < -0.4 is 0 Å². The minimum absolute atomic E-state index is 0.158. The second-order valence-corrected chi connectivity index (χ2v) is 5.19. The summed E-state index contributed by atoms with van der Waals surface area (Å²) in [7, 11) is 5.39. The van der Waals surface area contributed by atoms with Crippen molar-refractivity contribution in [2.24, 2.45) is 0 Å². The standard InChI is InChI=1S/C8H15N4O5/c1-12(2,3)4-7(13)9-5-8(6-9,10(14)15)11(16)17/h4-6H2,1-3H3/q+1. The van der Waals surface area contributed by atoms with E-state index in [0.717, 1.165) is 4.90 Å². The molecule has 0 radical (unpaired) electrons. The van der Waals surface area contributed by atoms with Crippen LogP contribution >= 0.6 is 0 Å². The van der Waals surface area contributed by atoms with Gasteiger partial charge in [-0.2, -0.15) is 0 Å². The lowest BCUT2D eigenvalue weighted by Crippen LogP contribution is -2.72. The van der Waals surface area contributed by atoms with Crippen molar-refractivity contribution < 1.29 is 19.1 Å². The van der Waals surface area contributed by atoms with Crippen LogP contribution in [0.25, 0.3) is 0 Å². The number of quaternary nitrogens is 1. The predicted octanol–water partition coefficient (Wildman–Crippen LogP) is -1.22. The molecule has 1 fully saturated rings. The molecule has 17 heavy (non-hydrogen) atoms. The van der Waals surface area contributed by atoms with Gasteiger partial charge in [0.2, 0.25) is 0 Å². The molecule has 1 rings (SSSR count). The van der Waals surface area contributed by atoms with Gasteiger partial charge in [0.05, 0.1) is 21.1 Å². The molecule has 0 aliphatic carbocycles. The van der Waals surface area contributed by atoms with Crippen molar-refractivity contribution in [1.82, 2.24) is 4.90 Å². The molecule has 1 aliphatic rings. The lowest BCUT2D eigenvalue weighted by atomic mass is 10.0. The molecule has 0 unspecified atom stereocenters. The normalized spacial score (nSPS) is 18.4. The van der Waals surface area contributed by atoms with Crippen molar-refractivity contribution >= 4 is 5.91 Å². The smallest absolute Gasteiger partial charge is 0.323 e. The molecule has 9 nitrogen and oxygen atoms in total. The van der Waals surface area contributed by atoms with E-state index in [4.69, 9.17) is 0 Å². The molecule has 0 atom stereocenters. The van der Waals surface area contributed by atoms with Crippen LogP contribution in [-0.4, -0.2) is 71.6 Å². The summed E-state index contributed by atoms with van der Waals surface area (Å²) >= 11 is 0. The maximum Gasteiger partial charge on any atom is 0.492 e. The maximum absolute atomic E-state index is 11.6. The van der Waals surface area contributed by atoms with E-state index in [2.05, 4.69) is 0 Å². The molecule has 1 saturated heterocycles. The Balaban J connectivity index is 2.64. The third kappa shape index (κ3) is 2.49. The average Bonchev–Trinajstić information content (AvgIpc) is 1.95. The number of carbonyl (C=O) groups is 1. The molecule has 96 valence electrons. The first-order chi connectivity index (χ1) is 7.58. The third-order valence-electron chi connectivity index (χ3n) is 2.53. The molecule has 9 heteroatoms. The van der Waals surface area contributed by atoms with Crippen LogP contribution in [0.4, 0.5) is 0 Å². The van der Waals surface area contributed by atoms with E-state index in [0.29, 0.717) is 4.48 Å². The Kier molecular flexibility index (Phi) is 3.06. The fraction of sp³-hybridized carbons (Fsp3) is 0.875. The number of likely N-dealkylation sites (tertiary alicyclic amines) is 1. The summed E-state index contributed by atoms with van der Waals surface area (Å²) in [6, 6.07) is 0. The average molecular weight is 247 g/mol. The van der Waals surface area contributed by atoms with Crippen LogP contribution in [0.3, 0.4) is 0 Å². The summed E-state index contributed by atoms with van der Waals surface area (Å²) in [6.07, 6.45) is 0. The minimum Gasteiger partial charge on any atom is -0.323 e. The molecule has 0 aromatic heterocycles. The van der Waals surface area contributed by atoms with Gasteiger partial charge in [-0.25, -0.2) is 0 Å². The summed E-state index contributed by atoms with van der Waals surface area (Å²) < 4.78 is 0.374. The maximum atomic E-state index is 11.6. The fourth-order valence-corrected chi connectivity index (χ4v) is 1.54. The Bertz CT molecular complexity index is 353. The second-order valence-electron chi connectivity index (χ2n) is 5.19. The highest BCUT2D eigenvalue weighted by Crippen LogP contribution is 2.25. The van der Waals surface area contributed by atoms with E-state index in [9.17, 15) is 25.0 Å². The number of hydrogen-bond acceptors (Lipinski definition) is 5. The van der Waals surface area contributed by atoms with Gasteiger partial charge in [-0.05, 0) is 0 Å². The Morgan fingerprint density at radius 2 is 1.65 bits per heavy atom. The monoisotopic (exact) mass is 247 g/mol. The number of nitro groups is 2. The number of nitrogens with zero attached hydrogens (tertiary/aromatic N) is 4. The molecule has 0 saturated carbocycles. The highest BCUT2D eigenvalue weighted by molar-refractivity contribution is 5.78. The zero-order chi connectivity index (χ0) is 13.4. The lowest BCUT2D eigenvalue weighted by molar-refractivity contribution is -0.863. The highest BCUT2D eigenvalue weighted by atomic mass is 16.7. The van der Waals surface area contributed by atoms with Crippen molar-refractivity contribution in [3.63, 3.8) is 0 Å². The summed E-state index contributed by atoms with van der Waals surface area (Å²) in [5.41, 5.74) is -2.21. The fourth-order valence-electron chi connectivity index (χ4n) is 1.54. The van der Waals surface area contributed by atoms with Crippen molar-refractivity contribution in [2.45, 2.75) is 5.66 Å². The van der Waals surface area contributed by atoms with Gasteiger partial charge in [0, 0.05) is 0 Å². The Hall–Kier alpha value is -1.77. The van der Waals surface area contributed by atoms with Gasteiger partial charge in [0.15, 0.2) is 19.6 Å². The zero-order valence-electron chi connectivity index (χ0n) is 9.95. The van der Waals surface area contributed by atoms with Gasteiger partial charge in [-0.15, -0.1) is 0 Å². The summed E-state index contributed by atoms with van der Waals surface area (Å²) in [5.74, 6) is -0.308. The minimum atomic E-state index is -2.21. The number of carbonyl (C=O) groups excluding carboxylic acids is 1. The predicted molar refractivity (Wildman–Crippen MR) is 56.2 cm³/mol. The van der Waals surface area contributed by atoms with Crippen LogP contribution in [0.15, 0.2) is 0 Å². The first-order valence-corrected chi connectivity index (χ1v) is 4.96. The van der Waals surface area contributed by atoms with Crippen molar-refractivity contribution in [3.05, 3.63) is 20.2 Å². The molecular weight excluding hydrogens is 232 g/mol. The SMILES string of the molecule is C[N+](C)(C)CC(=O)N1CC([N+](=O)[O-])([N+](=O)[O-])C1. The van der Waals surface area contributed by atoms with Gasteiger partial charge < -0.3 is 9.38 Å². The first kappa shape index (κ1) is 13.3. The Labute approximate surface area is 97.5 Å². The van der Waals surface area contributed by atoms with Gasteiger partial charge in [0.1, 0.15) is 9.85 Å². The molecule has 1 amide bonds. The van der Waals surface area contributed by atoms with E-state index >= 15 is 0 Å². The molecule has 0 spiro atoms. The molecule has 1 aliphatic heterocycles. The summed E-state index contributed by atoms with van der Waals surface area (Å²) in [5, 5.41) is 21.2. The second kappa shape index (κ2) is 3.91. The van der Waals surface area contributed by atoms with Gasteiger partial charge in [-0.3, -0.25) is 25.0 Å². The van der Waals surface area contributed by atoms with Crippen LogP contribution in [0.1, 0.15) is 0 Å². The lowest BCUT2D eigenvalue weighted by Gasteiger charge is -2.37. The van der Waals surface area contributed by atoms with Crippen LogP contribution in [-0.2, 0) is 4.79 Å². The summed E-state index contributed by atoms with van der Waals surface area (Å²) in [6.45, 7) is -0.747. The topological polar surface area (TPSA) is 107 Å². The molecule has 0 N–H and O–H groups in total. The number of likely N-dealkylation sites (N-methyl/N-ethyl adjacent to an activating group) is 1. The van der Waals surface area contributed by atoms with E-state index in [1.165, 1.54) is 0 Å². The number of rotatable bonds is 4. The van der Waals surface area contributed by atoms with Crippen LogP contribution in [0.5, 0.6) is 0 Å². The van der Waals surface area contributed by atoms with Crippen molar-refractivity contribution in [2.75, 3.05) is 40.8 Å². The van der Waals surface area contributed by atoms with E-state index in [1.807, 2.05) is 0 Å². The van der Waals surface area contributed by atoms with Crippen molar-refractivity contribution in [1.29, 1.82) is 0 Å². The highest BCUT2D eigenvalue weighted by Gasteiger charge is 2.67. The summed E-state index contributed by atoms with van der Waals surface area (Å²) in [4.78, 5) is 32.2. The molecule has 1 heterocycles.